The fourth-order valence-electron chi connectivity index (χ4n) is 3.07. The molecular formula is C22H17NO. The van der Waals surface area contributed by atoms with Gasteiger partial charge in [0.2, 0.25) is 0 Å². The number of Topliss-reactive ketones (excluding diaryl/α,β-unsaturated/α-hetero) is 1. The Morgan fingerprint density at radius 3 is 2.04 bits per heavy atom. The molecule has 0 aliphatic heterocycles. The van der Waals surface area contributed by atoms with E-state index in [1.807, 2.05) is 66.7 Å². The Morgan fingerprint density at radius 2 is 1.33 bits per heavy atom. The first-order valence-electron chi connectivity index (χ1n) is 8.01. The summed E-state index contributed by atoms with van der Waals surface area (Å²) >= 11 is 0. The Bertz CT molecular complexity index is 937. The first-order valence-corrected chi connectivity index (χ1v) is 8.01. The highest BCUT2D eigenvalue weighted by Gasteiger charge is 2.30. The van der Waals surface area contributed by atoms with Gasteiger partial charge in [-0.2, -0.15) is 0 Å². The van der Waals surface area contributed by atoms with Crippen LogP contribution in [0.4, 0.5) is 5.69 Å². The van der Waals surface area contributed by atoms with Gasteiger partial charge in [0.05, 0.1) is 11.3 Å². The molecule has 0 amide bonds. The van der Waals surface area contributed by atoms with Crippen molar-refractivity contribution in [1.82, 2.24) is 0 Å². The maximum absolute atomic E-state index is 13.0. The van der Waals surface area contributed by atoms with Gasteiger partial charge in [-0.3, -0.25) is 4.79 Å². The van der Waals surface area contributed by atoms with Gasteiger partial charge < -0.3 is 5.32 Å². The molecule has 3 aromatic rings. The molecule has 2 nitrogen and oxygen atoms in total. The largest absolute Gasteiger partial charge is 0.354 e. The van der Waals surface area contributed by atoms with E-state index >= 15 is 0 Å². The Hall–Kier alpha value is -3.13. The Labute approximate surface area is 141 Å². The predicted octanol–water partition coefficient (Wildman–Crippen LogP) is 5.17. The molecule has 4 rings (SSSR count). The second-order valence-corrected chi connectivity index (χ2v) is 5.98. The third-order valence-electron chi connectivity index (χ3n) is 4.30. The summed E-state index contributed by atoms with van der Waals surface area (Å²) in [6, 6.07) is 25.8. The van der Waals surface area contributed by atoms with E-state index in [0.717, 1.165) is 33.6 Å². The number of rotatable bonds is 3. The van der Waals surface area contributed by atoms with Gasteiger partial charge in [0.15, 0.2) is 5.78 Å². The molecule has 116 valence electrons. The number of aryl methyl sites for hydroxylation is 1. The summed E-state index contributed by atoms with van der Waals surface area (Å²) in [6.07, 6.45) is 0. The molecular weight excluding hydrogens is 294 g/mol. The number of ketones is 1. The van der Waals surface area contributed by atoms with Crippen LogP contribution in [0.25, 0.3) is 11.3 Å². The van der Waals surface area contributed by atoms with Gasteiger partial charge in [0.1, 0.15) is 0 Å². The number of allylic oxidation sites excluding steroid dienone is 1. The van der Waals surface area contributed by atoms with E-state index in [2.05, 4.69) is 24.4 Å². The molecule has 0 spiro atoms. The minimum atomic E-state index is 0.0754. The molecule has 2 heteroatoms. The van der Waals surface area contributed by atoms with Crippen LogP contribution in [0.5, 0.6) is 0 Å². The summed E-state index contributed by atoms with van der Waals surface area (Å²) in [5, 5.41) is 3.46. The first-order chi connectivity index (χ1) is 11.7. The van der Waals surface area contributed by atoms with Crippen molar-refractivity contribution < 1.29 is 4.79 Å². The molecule has 1 aliphatic rings. The molecule has 0 heterocycles. The number of hydrogen-bond acceptors (Lipinski definition) is 2. The summed E-state index contributed by atoms with van der Waals surface area (Å²) in [5.41, 5.74) is 6.46. The number of carbonyl (C=O) groups is 1. The van der Waals surface area contributed by atoms with Crippen molar-refractivity contribution in [1.29, 1.82) is 0 Å². The Balaban J connectivity index is 1.87. The lowest BCUT2D eigenvalue weighted by Crippen LogP contribution is -2.01. The van der Waals surface area contributed by atoms with Gasteiger partial charge in [-0.25, -0.2) is 0 Å². The number of hydrogen-bond donors (Lipinski definition) is 1. The van der Waals surface area contributed by atoms with Crippen molar-refractivity contribution in [3.05, 3.63) is 101 Å². The van der Waals surface area contributed by atoms with Crippen LogP contribution >= 0.6 is 0 Å². The second kappa shape index (κ2) is 5.82. The summed E-state index contributed by atoms with van der Waals surface area (Å²) in [5.74, 6) is 0.0754. The Kier molecular flexibility index (Phi) is 3.51. The zero-order valence-electron chi connectivity index (χ0n) is 13.4. The predicted molar refractivity (Wildman–Crippen MR) is 98.8 cm³/mol. The first kappa shape index (κ1) is 14.5. The van der Waals surface area contributed by atoms with E-state index < -0.39 is 0 Å². The Morgan fingerprint density at radius 1 is 0.708 bits per heavy atom. The lowest BCUT2D eigenvalue weighted by molar-refractivity contribution is 0.105. The van der Waals surface area contributed by atoms with E-state index in [9.17, 15) is 4.79 Å². The van der Waals surface area contributed by atoms with Crippen molar-refractivity contribution in [3.63, 3.8) is 0 Å². The van der Waals surface area contributed by atoms with Crippen molar-refractivity contribution >= 4 is 22.7 Å². The topological polar surface area (TPSA) is 29.1 Å². The fraction of sp³-hybridized carbons (Fsp3) is 0.0455. The molecule has 24 heavy (non-hydrogen) atoms. The molecule has 3 aromatic carbocycles. The van der Waals surface area contributed by atoms with Gasteiger partial charge in [-0.1, -0.05) is 72.3 Å². The van der Waals surface area contributed by atoms with Gasteiger partial charge in [-0.15, -0.1) is 0 Å². The summed E-state index contributed by atoms with van der Waals surface area (Å²) in [7, 11) is 0. The van der Waals surface area contributed by atoms with Gasteiger partial charge in [-0.05, 0) is 24.6 Å². The van der Waals surface area contributed by atoms with E-state index in [-0.39, 0.29) is 5.78 Å². The molecule has 1 N–H and O–H groups in total. The number of anilines is 1. The van der Waals surface area contributed by atoms with Crippen molar-refractivity contribution in [2.45, 2.75) is 6.92 Å². The van der Waals surface area contributed by atoms with E-state index in [4.69, 9.17) is 0 Å². The monoisotopic (exact) mass is 311 g/mol. The smallest absolute Gasteiger partial charge is 0.196 e. The molecule has 0 aromatic heterocycles. The number of nitrogens with one attached hydrogen (secondary N) is 1. The molecule has 0 unspecified atom stereocenters. The molecule has 0 fully saturated rings. The van der Waals surface area contributed by atoms with Gasteiger partial charge in [0, 0.05) is 16.8 Å². The maximum atomic E-state index is 13.0. The van der Waals surface area contributed by atoms with Crippen LogP contribution in [0, 0.1) is 6.92 Å². The van der Waals surface area contributed by atoms with Crippen LogP contribution in [0.1, 0.15) is 27.0 Å². The summed E-state index contributed by atoms with van der Waals surface area (Å²) < 4.78 is 0. The molecule has 0 saturated carbocycles. The highest BCUT2D eigenvalue weighted by molar-refractivity contribution is 6.40. The zero-order valence-corrected chi connectivity index (χ0v) is 13.4. The average molecular weight is 311 g/mol. The van der Waals surface area contributed by atoms with E-state index in [0.29, 0.717) is 0 Å². The van der Waals surface area contributed by atoms with Crippen LogP contribution in [-0.2, 0) is 0 Å². The highest BCUT2D eigenvalue weighted by atomic mass is 16.1. The lowest BCUT2D eigenvalue weighted by atomic mass is 10.0. The minimum Gasteiger partial charge on any atom is -0.354 e. The molecule has 0 radical (unpaired) electrons. The number of benzene rings is 3. The molecule has 1 aliphatic carbocycles. The van der Waals surface area contributed by atoms with Crippen LogP contribution in [0.2, 0.25) is 0 Å². The molecule has 0 saturated heterocycles. The third-order valence-corrected chi connectivity index (χ3v) is 4.30. The zero-order chi connectivity index (χ0) is 16.5. The van der Waals surface area contributed by atoms with Gasteiger partial charge >= 0.3 is 0 Å². The minimum absolute atomic E-state index is 0.0754. The van der Waals surface area contributed by atoms with Crippen LogP contribution < -0.4 is 5.32 Å². The van der Waals surface area contributed by atoms with Crippen LogP contribution in [0.15, 0.2) is 78.9 Å². The third kappa shape index (κ3) is 2.42. The van der Waals surface area contributed by atoms with Crippen molar-refractivity contribution in [3.8, 4) is 0 Å². The average Bonchev–Trinajstić information content (AvgIpc) is 2.90. The second-order valence-electron chi connectivity index (χ2n) is 5.98. The van der Waals surface area contributed by atoms with Gasteiger partial charge in [0.25, 0.3) is 0 Å². The SMILES string of the molecule is Cc1ccc(NC2=C(c3ccccc3)C(=O)c3ccccc32)cc1. The lowest BCUT2D eigenvalue weighted by Gasteiger charge is -2.12. The summed E-state index contributed by atoms with van der Waals surface area (Å²) in [6.45, 7) is 2.06. The highest BCUT2D eigenvalue weighted by Crippen LogP contribution is 2.38. The molecule has 0 bridgehead atoms. The van der Waals surface area contributed by atoms with Crippen LogP contribution in [0.3, 0.4) is 0 Å². The molecule has 0 atom stereocenters. The fourth-order valence-corrected chi connectivity index (χ4v) is 3.07. The van der Waals surface area contributed by atoms with Crippen molar-refractivity contribution in [2.75, 3.05) is 5.32 Å². The van der Waals surface area contributed by atoms with E-state index in [1.165, 1.54) is 5.56 Å². The normalized spacial score (nSPS) is 13.1. The standard InChI is InChI=1S/C22H17NO/c1-15-11-13-17(14-12-15)23-21-18-9-5-6-10-19(18)22(24)20(21)16-7-3-2-4-8-16/h2-14,23H,1H3. The van der Waals surface area contributed by atoms with Crippen LogP contribution in [-0.4, -0.2) is 5.78 Å². The summed E-state index contributed by atoms with van der Waals surface area (Å²) in [4.78, 5) is 13.0. The number of fused-ring (bicyclic) bond motifs is 1. The quantitative estimate of drug-likeness (QED) is 0.723. The van der Waals surface area contributed by atoms with Crippen molar-refractivity contribution in [2.24, 2.45) is 0 Å². The number of carbonyl (C=O) groups excluding carboxylic acids is 1. The maximum Gasteiger partial charge on any atom is 0.196 e. The van der Waals surface area contributed by atoms with E-state index in [1.54, 1.807) is 0 Å².